The normalized spacial score (nSPS) is 19.4. The maximum Gasteiger partial charge on any atom is 0.410 e. The summed E-state index contributed by atoms with van der Waals surface area (Å²) in [5, 5.41) is 0. The quantitative estimate of drug-likeness (QED) is 0.759. The zero-order valence-corrected chi connectivity index (χ0v) is 16.8. The van der Waals surface area contributed by atoms with Crippen LogP contribution in [0.15, 0.2) is 28.7 Å². The van der Waals surface area contributed by atoms with Crippen LogP contribution < -0.4 is 0 Å². The monoisotopic (exact) mass is 396 g/mol. The van der Waals surface area contributed by atoms with Crippen LogP contribution in [0.5, 0.6) is 0 Å². The van der Waals surface area contributed by atoms with Gasteiger partial charge in [-0.2, -0.15) is 0 Å². The molecule has 0 saturated carbocycles. The molecule has 4 nitrogen and oxygen atoms in total. The van der Waals surface area contributed by atoms with Gasteiger partial charge in [-0.3, -0.25) is 4.90 Å². The molecular formula is C19H29BrN2O2. The molecule has 1 aromatic rings. The number of carbonyl (C=O) groups is 1. The van der Waals surface area contributed by atoms with E-state index in [1.807, 2.05) is 31.7 Å². The molecule has 1 saturated heterocycles. The summed E-state index contributed by atoms with van der Waals surface area (Å²) in [4.78, 5) is 16.6. The average Bonchev–Trinajstić information content (AvgIpc) is 2.47. The highest BCUT2D eigenvalue weighted by molar-refractivity contribution is 9.10. The van der Waals surface area contributed by atoms with Crippen molar-refractivity contribution < 1.29 is 9.53 Å². The first-order valence-corrected chi connectivity index (χ1v) is 9.51. The van der Waals surface area contributed by atoms with E-state index in [-0.39, 0.29) is 12.1 Å². The van der Waals surface area contributed by atoms with E-state index in [1.54, 1.807) is 0 Å². The Morgan fingerprint density at radius 3 is 2.62 bits per heavy atom. The van der Waals surface area contributed by atoms with Crippen molar-refractivity contribution in [1.29, 1.82) is 0 Å². The molecule has 0 unspecified atom stereocenters. The molecular weight excluding hydrogens is 368 g/mol. The predicted molar refractivity (Wildman–Crippen MR) is 101 cm³/mol. The van der Waals surface area contributed by atoms with E-state index < -0.39 is 5.60 Å². The molecule has 24 heavy (non-hydrogen) atoms. The highest BCUT2D eigenvalue weighted by Crippen LogP contribution is 2.19. The standard InChI is InChI=1S/C19H29BrN2O2/c1-15-14-21(11-7-9-16-8-5-6-10-17(16)20)12-13-22(15)18(23)24-19(2,3)4/h5-6,8,10,15H,7,9,11-14H2,1-4H3/t15-/m1/s1. The molecule has 1 amide bonds. The van der Waals surface area contributed by atoms with Crippen LogP contribution in [-0.2, 0) is 11.2 Å². The van der Waals surface area contributed by atoms with Crippen LogP contribution in [0.25, 0.3) is 0 Å². The summed E-state index contributed by atoms with van der Waals surface area (Å²) in [5.74, 6) is 0. The summed E-state index contributed by atoms with van der Waals surface area (Å²) >= 11 is 3.61. The largest absolute Gasteiger partial charge is 0.444 e. The number of ether oxygens (including phenoxy) is 1. The van der Waals surface area contributed by atoms with Gasteiger partial charge >= 0.3 is 6.09 Å². The van der Waals surface area contributed by atoms with E-state index in [2.05, 4.69) is 46.0 Å². The lowest BCUT2D eigenvalue weighted by atomic mass is 10.1. The predicted octanol–water partition coefficient (Wildman–Crippen LogP) is 4.32. The van der Waals surface area contributed by atoms with Gasteiger partial charge in [0.25, 0.3) is 0 Å². The van der Waals surface area contributed by atoms with Crippen LogP contribution in [-0.4, -0.2) is 53.7 Å². The van der Waals surface area contributed by atoms with Gasteiger partial charge in [-0.25, -0.2) is 4.79 Å². The van der Waals surface area contributed by atoms with Crippen molar-refractivity contribution in [2.24, 2.45) is 0 Å². The van der Waals surface area contributed by atoms with Crippen molar-refractivity contribution in [3.05, 3.63) is 34.3 Å². The number of hydrogen-bond acceptors (Lipinski definition) is 3. The molecule has 0 bridgehead atoms. The van der Waals surface area contributed by atoms with Crippen molar-refractivity contribution >= 4 is 22.0 Å². The van der Waals surface area contributed by atoms with Crippen LogP contribution in [0.4, 0.5) is 4.79 Å². The Labute approximate surface area is 154 Å². The number of nitrogens with zero attached hydrogens (tertiary/aromatic N) is 2. The number of aryl methyl sites for hydroxylation is 1. The van der Waals surface area contributed by atoms with Gasteiger partial charge in [0.1, 0.15) is 5.60 Å². The van der Waals surface area contributed by atoms with Gasteiger partial charge in [0.15, 0.2) is 0 Å². The summed E-state index contributed by atoms with van der Waals surface area (Å²) in [6.45, 7) is 11.5. The Morgan fingerprint density at radius 2 is 2.00 bits per heavy atom. The zero-order valence-electron chi connectivity index (χ0n) is 15.2. The van der Waals surface area contributed by atoms with Crippen LogP contribution in [0, 0.1) is 0 Å². The van der Waals surface area contributed by atoms with Crippen LogP contribution in [0.3, 0.4) is 0 Å². The molecule has 1 fully saturated rings. The van der Waals surface area contributed by atoms with Crippen molar-refractivity contribution in [2.75, 3.05) is 26.2 Å². The fourth-order valence-corrected chi connectivity index (χ4v) is 3.51. The first-order chi connectivity index (χ1) is 11.3. The molecule has 1 atom stereocenters. The lowest BCUT2D eigenvalue weighted by Crippen LogP contribution is -2.55. The molecule has 0 radical (unpaired) electrons. The Bertz CT molecular complexity index is 557. The van der Waals surface area contributed by atoms with Gasteiger partial charge in [0.2, 0.25) is 0 Å². The number of piperazine rings is 1. The summed E-state index contributed by atoms with van der Waals surface area (Å²) in [6.07, 6.45) is 2.01. The minimum atomic E-state index is -0.434. The molecule has 0 aromatic heterocycles. The lowest BCUT2D eigenvalue weighted by molar-refractivity contribution is 0.00142. The van der Waals surface area contributed by atoms with Crippen molar-refractivity contribution in [3.8, 4) is 0 Å². The molecule has 0 N–H and O–H groups in total. The maximum atomic E-state index is 12.2. The van der Waals surface area contributed by atoms with E-state index in [9.17, 15) is 4.79 Å². The van der Waals surface area contributed by atoms with Gasteiger partial charge in [0, 0.05) is 30.1 Å². The van der Waals surface area contributed by atoms with Crippen molar-refractivity contribution in [1.82, 2.24) is 9.80 Å². The van der Waals surface area contributed by atoms with Crippen LogP contribution >= 0.6 is 15.9 Å². The molecule has 134 valence electrons. The number of carbonyl (C=O) groups excluding carboxylic acids is 1. The Kier molecular flexibility index (Phi) is 6.70. The average molecular weight is 397 g/mol. The molecule has 2 rings (SSSR count). The Balaban J connectivity index is 1.77. The summed E-state index contributed by atoms with van der Waals surface area (Å²) in [6, 6.07) is 8.59. The highest BCUT2D eigenvalue weighted by atomic mass is 79.9. The SMILES string of the molecule is C[C@@H]1CN(CCCc2ccccc2Br)CCN1C(=O)OC(C)(C)C. The van der Waals surface area contributed by atoms with Gasteiger partial charge < -0.3 is 9.64 Å². The summed E-state index contributed by atoms with van der Waals surface area (Å²) in [5.41, 5.74) is 0.926. The molecule has 5 heteroatoms. The van der Waals surface area contributed by atoms with E-state index in [4.69, 9.17) is 4.74 Å². The lowest BCUT2D eigenvalue weighted by Gasteiger charge is -2.40. The smallest absolute Gasteiger partial charge is 0.410 e. The van der Waals surface area contributed by atoms with Gasteiger partial charge in [-0.15, -0.1) is 0 Å². The maximum absolute atomic E-state index is 12.2. The third-order valence-corrected chi connectivity index (χ3v) is 4.99. The molecule has 0 aliphatic carbocycles. The van der Waals surface area contributed by atoms with E-state index in [0.717, 1.165) is 39.0 Å². The highest BCUT2D eigenvalue weighted by Gasteiger charge is 2.30. The van der Waals surface area contributed by atoms with Crippen LogP contribution in [0.1, 0.15) is 39.7 Å². The van der Waals surface area contributed by atoms with Crippen molar-refractivity contribution in [3.63, 3.8) is 0 Å². The molecule has 1 aliphatic heterocycles. The minimum Gasteiger partial charge on any atom is -0.444 e. The molecule has 0 spiro atoms. The first-order valence-electron chi connectivity index (χ1n) is 8.71. The van der Waals surface area contributed by atoms with E-state index >= 15 is 0 Å². The third kappa shape index (κ3) is 5.78. The van der Waals surface area contributed by atoms with E-state index in [0.29, 0.717) is 0 Å². The fraction of sp³-hybridized carbons (Fsp3) is 0.632. The summed E-state index contributed by atoms with van der Waals surface area (Å²) in [7, 11) is 0. The van der Waals surface area contributed by atoms with Crippen molar-refractivity contribution in [2.45, 2.75) is 52.2 Å². The van der Waals surface area contributed by atoms with E-state index in [1.165, 1.54) is 10.0 Å². The number of rotatable bonds is 4. The second kappa shape index (κ2) is 8.34. The zero-order chi connectivity index (χ0) is 17.7. The van der Waals surface area contributed by atoms with Gasteiger partial charge in [-0.1, -0.05) is 34.1 Å². The minimum absolute atomic E-state index is 0.192. The number of benzene rings is 1. The number of halogens is 1. The van der Waals surface area contributed by atoms with Gasteiger partial charge in [0.05, 0.1) is 0 Å². The number of hydrogen-bond donors (Lipinski definition) is 0. The van der Waals surface area contributed by atoms with Crippen LogP contribution in [0.2, 0.25) is 0 Å². The second-order valence-electron chi connectivity index (χ2n) is 7.52. The Morgan fingerprint density at radius 1 is 1.29 bits per heavy atom. The van der Waals surface area contributed by atoms with Gasteiger partial charge in [-0.05, 0) is 58.7 Å². The Hall–Kier alpha value is -1.07. The fourth-order valence-electron chi connectivity index (χ4n) is 3.02. The topological polar surface area (TPSA) is 32.8 Å². The first kappa shape index (κ1) is 19.3. The summed E-state index contributed by atoms with van der Waals surface area (Å²) < 4.78 is 6.69. The number of amides is 1. The third-order valence-electron chi connectivity index (χ3n) is 4.22. The molecule has 1 aliphatic rings. The molecule has 1 heterocycles. The second-order valence-corrected chi connectivity index (χ2v) is 8.37. The molecule has 1 aromatic carbocycles.